The van der Waals surface area contributed by atoms with Crippen LogP contribution in [0.3, 0.4) is 0 Å². The molecule has 17 heteroatoms. The van der Waals surface area contributed by atoms with Gasteiger partial charge < -0.3 is 37.5 Å². The molecule has 2 aromatic heterocycles. The van der Waals surface area contributed by atoms with Crippen LogP contribution < -0.4 is 19.1 Å². The van der Waals surface area contributed by atoms with Crippen LogP contribution in [0.1, 0.15) is 68.2 Å². The molecule has 3 unspecified atom stereocenters. The molecule has 1 aliphatic rings. The highest BCUT2D eigenvalue weighted by atomic mass is 31.2. The average Bonchev–Trinajstić information content (AvgIpc) is 4.02. The molecule has 1 amide bonds. The first-order valence-corrected chi connectivity index (χ1v) is 25.8. The van der Waals surface area contributed by atoms with Gasteiger partial charge in [0.25, 0.3) is 14.4 Å². The van der Waals surface area contributed by atoms with E-state index >= 15 is 0 Å². The topological polar surface area (TPSA) is 165 Å². The molecule has 0 spiro atoms. The zero-order valence-corrected chi connectivity index (χ0v) is 44.0. The van der Waals surface area contributed by atoms with Crippen LogP contribution in [0.4, 0.5) is 5.82 Å². The number of nitriles is 1. The number of anilines is 1. The maximum absolute atomic E-state index is 14.3. The van der Waals surface area contributed by atoms with Crippen LogP contribution in [0.5, 0.6) is 17.2 Å². The van der Waals surface area contributed by atoms with Crippen LogP contribution in [-0.4, -0.2) is 102 Å². The van der Waals surface area contributed by atoms with E-state index in [1.807, 2.05) is 128 Å². The number of amides is 1. The average molecular weight is 1020 g/mol. The second-order valence-electron chi connectivity index (χ2n) is 18.3. The molecule has 7 aromatic rings. The van der Waals surface area contributed by atoms with Crippen molar-refractivity contribution in [3.63, 3.8) is 0 Å². The first-order valence-electron chi connectivity index (χ1n) is 24.6. The molecular formula is C57H64N7O9P. The quantitative estimate of drug-likeness (QED) is 0.0319. The summed E-state index contributed by atoms with van der Waals surface area (Å²) >= 11 is 0. The van der Waals surface area contributed by atoms with Gasteiger partial charge in [-0.3, -0.25) is 14.3 Å². The van der Waals surface area contributed by atoms with Crippen molar-refractivity contribution in [3.05, 3.63) is 174 Å². The summed E-state index contributed by atoms with van der Waals surface area (Å²) in [5, 5.41) is 9.60. The fraction of sp³-hybridized carbons (Fsp3) is 0.351. The van der Waals surface area contributed by atoms with Gasteiger partial charge in [-0.05, 0) is 93.3 Å². The number of hydrogen-bond donors (Lipinski definition) is 0. The van der Waals surface area contributed by atoms with E-state index in [9.17, 15) is 10.1 Å². The third-order valence-corrected chi connectivity index (χ3v) is 14.9. The van der Waals surface area contributed by atoms with Gasteiger partial charge in [-0.1, -0.05) is 103 Å². The summed E-state index contributed by atoms with van der Waals surface area (Å²) in [6.07, 6.45) is -0.135. The van der Waals surface area contributed by atoms with Gasteiger partial charge in [0.05, 0.1) is 52.8 Å². The Labute approximate surface area is 434 Å². The van der Waals surface area contributed by atoms with E-state index in [1.54, 1.807) is 49.3 Å². The molecule has 74 heavy (non-hydrogen) atoms. The minimum absolute atomic E-state index is 0.00394. The second-order valence-corrected chi connectivity index (χ2v) is 19.7. The van der Waals surface area contributed by atoms with E-state index in [1.165, 1.54) is 6.33 Å². The number of carbonyl (C=O) groups excluding carboxylic acids is 1. The molecule has 8 rings (SSSR count). The van der Waals surface area contributed by atoms with E-state index in [0.717, 1.165) is 27.8 Å². The normalized spacial score (nSPS) is 17.2. The third kappa shape index (κ3) is 11.9. The van der Waals surface area contributed by atoms with Crippen molar-refractivity contribution in [3.8, 4) is 23.3 Å². The number of aryl methyl sites for hydroxylation is 1. The summed E-state index contributed by atoms with van der Waals surface area (Å²) in [7, 11) is 3.07. The molecule has 1 saturated heterocycles. The van der Waals surface area contributed by atoms with Gasteiger partial charge in [-0.25, -0.2) is 19.6 Å². The first kappa shape index (κ1) is 53.5. The largest absolute Gasteiger partial charge is 0.497 e. The first-order chi connectivity index (χ1) is 36.0. The molecule has 5 aromatic carbocycles. The lowest BCUT2D eigenvalue weighted by Crippen LogP contribution is -2.42. The van der Waals surface area contributed by atoms with Crippen LogP contribution in [-0.2, 0) is 40.2 Å². The molecule has 0 radical (unpaired) electrons. The highest BCUT2D eigenvalue weighted by molar-refractivity contribution is 7.44. The smallest absolute Gasteiger partial charge is 0.266 e. The van der Waals surface area contributed by atoms with E-state index < -0.39 is 38.7 Å². The number of rotatable bonds is 24. The van der Waals surface area contributed by atoms with Gasteiger partial charge in [-0.15, -0.1) is 0 Å². The minimum atomic E-state index is -1.81. The Hall–Kier alpha value is -6.80. The Morgan fingerprint density at radius 1 is 0.770 bits per heavy atom. The zero-order chi connectivity index (χ0) is 52.2. The number of benzene rings is 5. The lowest BCUT2D eigenvalue weighted by atomic mass is 9.80. The number of aromatic nitrogens is 4. The van der Waals surface area contributed by atoms with Gasteiger partial charge in [0.2, 0.25) is 0 Å². The highest BCUT2D eigenvalue weighted by Gasteiger charge is 2.51. The van der Waals surface area contributed by atoms with Crippen LogP contribution in [0.25, 0.3) is 11.2 Å². The lowest BCUT2D eigenvalue weighted by molar-refractivity contribution is -0.120. The van der Waals surface area contributed by atoms with Crippen molar-refractivity contribution in [2.75, 3.05) is 46.0 Å². The van der Waals surface area contributed by atoms with Crippen molar-refractivity contribution < 1.29 is 42.3 Å². The van der Waals surface area contributed by atoms with Crippen molar-refractivity contribution >= 4 is 31.4 Å². The molecule has 3 heterocycles. The van der Waals surface area contributed by atoms with Gasteiger partial charge in [0.15, 0.2) is 29.8 Å². The number of nitrogens with zero attached hydrogens (tertiary/aromatic N) is 7. The molecular weight excluding hydrogens is 958 g/mol. The van der Waals surface area contributed by atoms with Gasteiger partial charge in [0.1, 0.15) is 47.5 Å². The van der Waals surface area contributed by atoms with Gasteiger partial charge in [-0.2, -0.15) is 5.26 Å². The summed E-state index contributed by atoms with van der Waals surface area (Å²) in [5.41, 5.74) is 4.06. The summed E-state index contributed by atoms with van der Waals surface area (Å²) in [4.78, 5) is 30.3. The van der Waals surface area contributed by atoms with Crippen molar-refractivity contribution in [1.29, 1.82) is 5.26 Å². The number of ether oxygens (including phenoxy) is 6. The molecule has 0 bridgehead atoms. The van der Waals surface area contributed by atoms with Gasteiger partial charge in [0, 0.05) is 19.2 Å². The predicted molar refractivity (Wildman–Crippen MR) is 283 cm³/mol. The highest BCUT2D eigenvalue weighted by Crippen LogP contribution is 2.51. The Morgan fingerprint density at radius 3 is 1.96 bits per heavy atom. The number of hydrogen-bond acceptors (Lipinski definition) is 14. The van der Waals surface area contributed by atoms with Crippen molar-refractivity contribution in [2.24, 2.45) is 0 Å². The summed E-state index contributed by atoms with van der Waals surface area (Å²) < 4.78 is 56.1. The monoisotopic (exact) mass is 1020 g/mol. The molecule has 0 N–H and O–H groups in total. The molecule has 1 fully saturated rings. The maximum Gasteiger partial charge on any atom is 0.266 e. The predicted octanol–water partition coefficient (Wildman–Crippen LogP) is 10.3. The Kier molecular flexibility index (Phi) is 18.0. The van der Waals surface area contributed by atoms with Gasteiger partial charge >= 0.3 is 0 Å². The van der Waals surface area contributed by atoms with E-state index in [0.29, 0.717) is 34.2 Å². The van der Waals surface area contributed by atoms with E-state index in [-0.39, 0.29) is 50.8 Å². The number of methoxy groups -OCH3 is 3. The zero-order valence-electron chi connectivity index (χ0n) is 43.1. The number of imidazole rings is 1. The third-order valence-electron chi connectivity index (χ3n) is 12.8. The molecule has 5 atom stereocenters. The number of fused-ring (bicyclic) bond motifs is 1. The van der Waals surface area contributed by atoms with Crippen LogP contribution in [0.2, 0.25) is 0 Å². The summed E-state index contributed by atoms with van der Waals surface area (Å²) in [6.45, 7) is 10.4. The fourth-order valence-corrected chi connectivity index (χ4v) is 11.0. The molecule has 386 valence electrons. The fourth-order valence-electron chi connectivity index (χ4n) is 9.24. The number of para-hydroxylation sites is 1. The standard InChI is InChI=1S/C57H64N7O9P/c1-39(2)64(40(3)4)74(71-33-15-32-58)73-52-49(35-70-57(43-16-11-9-12-17-43,44-24-28-46(66-6)29-25-44)45-26-30-47(67-7)31-27-45)72-56(53(52)68-8)63-38-61-51-54(59-37-60-55(51)63)62(34-42-22-20-41(5)21-23-42)50(65)36-69-48-18-13-10-14-19-48/h9-14,16-31,37-40,49,52-53,56H,15,33-36H2,1-8H3/t49-,52?,53?,56-,74?/m1/s1. The summed E-state index contributed by atoms with van der Waals surface area (Å²) in [5.74, 6) is 1.90. The van der Waals surface area contributed by atoms with E-state index in [4.69, 9.17) is 47.4 Å². The van der Waals surface area contributed by atoms with Crippen LogP contribution >= 0.6 is 8.53 Å². The van der Waals surface area contributed by atoms with Crippen molar-refractivity contribution in [1.82, 2.24) is 24.2 Å². The van der Waals surface area contributed by atoms with Crippen LogP contribution in [0.15, 0.2) is 146 Å². The Morgan fingerprint density at radius 2 is 1.38 bits per heavy atom. The molecule has 16 nitrogen and oxygen atoms in total. The molecule has 1 aliphatic heterocycles. The molecule has 0 saturated carbocycles. The minimum Gasteiger partial charge on any atom is -0.497 e. The Bertz CT molecular complexity index is 2870. The lowest BCUT2D eigenvalue weighted by Gasteiger charge is -2.39. The second kappa shape index (κ2) is 25.0. The molecule has 0 aliphatic carbocycles. The van der Waals surface area contributed by atoms with Crippen molar-refractivity contribution in [2.45, 2.75) is 89.8 Å². The van der Waals surface area contributed by atoms with Crippen LogP contribution in [0, 0.1) is 18.3 Å². The van der Waals surface area contributed by atoms with E-state index in [2.05, 4.69) is 43.4 Å². The Balaban J connectivity index is 1.23. The summed E-state index contributed by atoms with van der Waals surface area (Å²) in [6, 6.07) is 45.1. The maximum atomic E-state index is 14.3. The SMILES string of the molecule is COc1ccc(C(OC[C@H]2O[C@@H](n3cnc4c(N(Cc5ccc(C)cc5)C(=O)COc5ccccc5)ncnc43)C(OC)C2OP(OCCC#N)N(C(C)C)C(C)C)(c2ccccc2)c2ccc(OC)cc2)cc1. The number of carbonyl (C=O) groups is 1.